The van der Waals surface area contributed by atoms with Crippen LogP contribution in [0.3, 0.4) is 0 Å². The second-order valence-corrected chi connectivity index (χ2v) is 7.28. The molecule has 1 aromatic rings. The molecular formula is C18H22N2O5. The largest absolute Gasteiger partial charge is 0.495 e. The monoisotopic (exact) mass is 346 g/mol. The third kappa shape index (κ3) is 3.31. The number of carbonyl (C=O) groups is 3. The van der Waals surface area contributed by atoms with Gasteiger partial charge in [-0.2, -0.15) is 0 Å². The standard InChI is InChI=1S/C18H22N2O5/c1-18(2)13(14(18)17(23)24)16(22)20-11-8-10(6-7-12(11)25-3)19-15(21)9-4-5-9/h6-9,13-14H,4-5H2,1-3H3,(H,19,21)(H,20,22)(H,23,24)/t13-,14-/m1/s1. The Hall–Kier alpha value is -2.57. The van der Waals surface area contributed by atoms with Gasteiger partial charge < -0.3 is 20.5 Å². The number of rotatable bonds is 6. The number of hydrogen-bond acceptors (Lipinski definition) is 4. The Morgan fingerprint density at radius 3 is 2.32 bits per heavy atom. The highest BCUT2D eigenvalue weighted by Crippen LogP contribution is 2.58. The molecule has 0 radical (unpaired) electrons. The van der Waals surface area contributed by atoms with Gasteiger partial charge in [-0.1, -0.05) is 13.8 Å². The fourth-order valence-electron chi connectivity index (χ4n) is 3.27. The number of anilines is 2. The Kier molecular flexibility index (Phi) is 4.18. The maximum absolute atomic E-state index is 12.5. The third-order valence-corrected chi connectivity index (χ3v) is 5.05. The van der Waals surface area contributed by atoms with Crippen molar-refractivity contribution >= 4 is 29.2 Å². The number of hydrogen-bond donors (Lipinski definition) is 3. The number of benzene rings is 1. The van der Waals surface area contributed by atoms with Gasteiger partial charge in [-0.05, 0) is 36.5 Å². The molecule has 1 aromatic carbocycles. The predicted molar refractivity (Wildman–Crippen MR) is 91.4 cm³/mol. The van der Waals surface area contributed by atoms with Crippen molar-refractivity contribution in [2.45, 2.75) is 26.7 Å². The van der Waals surface area contributed by atoms with Gasteiger partial charge in [0.2, 0.25) is 11.8 Å². The predicted octanol–water partition coefficient (Wildman–Crippen LogP) is 2.34. The lowest BCUT2D eigenvalue weighted by atomic mass is 10.1. The van der Waals surface area contributed by atoms with Crippen molar-refractivity contribution in [3.63, 3.8) is 0 Å². The van der Waals surface area contributed by atoms with Crippen molar-refractivity contribution in [2.75, 3.05) is 17.7 Å². The SMILES string of the molecule is COc1ccc(NC(=O)C2CC2)cc1NC(=O)[C@H]1[C@H](C(=O)O)C1(C)C. The van der Waals surface area contributed by atoms with Crippen LogP contribution < -0.4 is 15.4 Å². The molecule has 25 heavy (non-hydrogen) atoms. The van der Waals surface area contributed by atoms with Crippen LogP contribution in [0.2, 0.25) is 0 Å². The summed E-state index contributed by atoms with van der Waals surface area (Å²) in [5.41, 5.74) is 0.395. The maximum atomic E-state index is 12.5. The van der Waals surface area contributed by atoms with Crippen molar-refractivity contribution in [1.82, 2.24) is 0 Å². The van der Waals surface area contributed by atoms with Crippen LogP contribution in [0, 0.1) is 23.2 Å². The second kappa shape index (κ2) is 6.06. The summed E-state index contributed by atoms with van der Waals surface area (Å²) in [6, 6.07) is 4.99. The van der Waals surface area contributed by atoms with Gasteiger partial charge in [0.05, 0.1) is 24.6 Å². The van der Waals surface area contributed by atoms with Gasteiger partial charge in [0.15, 0.2) is 0 Å². The quantitative estimate of drug-likeness (QED) is 0.733. The van der Waals surface area contributed by atoms with Gasteiger partial charge >= 0.3 is 5.97 Å². The molecule has 3 N–H and O–H groups in total. The zero-order valence-electron chi connectivity index (χ0n) is 14.5. The van der Waals surface area contributed by atoms with E-state index in [4.69, 9.17) is 4.74 Å². The lowest BCUT2D eigenvalue weighted by Crippen LogP contribution is -2.19. The van der Waals surface area contributed by atoms with Crippen molar-refractivity contribution in [2.24, 2.45) is 23.2 Å². The molecule has 2 aliphatic rings. The molecule has 0 unspecified atom stereocenters. The fourth-order valence-corrected chi connectivity index (χ4v) is 3.27. The van der Waals surface area contributed by atoms with Crippen LogP contribution in [-0.2, 0) is 14.4 Å². The Balaban J connectivity index is 1.75. The minimum atomic E-state index is -0.970. The van der Waals surface area contributed by atoms with E-state index in [0.29, 0.717) is 17.1 Å². The van der Waals surface area contributed by atoms with E-state index in [-0.39, 0.29) is 17.7 Å². The molecule has 2 amide bonds. The van der Waals surface area contributed by atoms with E-state index < -0.39 is 23.2 Å². The molecule has 0 spiro atoms. The Morgan fingerprint density at radius 1 is 1.12 bits per heavy atom. The van der Waals surface area contributed by atoms with Crippen LogP contribution in [0.4, 0.5) is 11.4 Å². The summed E-state index contributed by atoms with van der Waals surface area (Å²) < 4.78 is 5.25. The molecule has 7 nitrogen and oxygen atoms in total. The Bertz CT molecular complexity index is 739. The Labute approximate surface area is 145 Å². The average molecular weight is 346 g/mol. The first-order chi connectivity index (χ1) is 11.8. The Morgan fingerprint density at radius 2 is 1.80 bits per heavy atom. The van der Waals surface area contributed by atoms with Gasteiger partial charge in [0, 0.05) is 11.6 Å². The summed E-state index contributed by atoms with van der Waals surface area (Å²) in [7, 11) is 1.48. The van der Waals surface area contributed by atoms with E-state index in [0.717, 1.165) is 12.8 Å². The first-order valence-corrected chi connectivity index (χ1v) is 8.28. The number of amides is 2. The van der Waals surface area contributed by atoms with E-state index in [2.05, 4.69) is 10.6 Å². The number of ether oxygens (including phenoxy) is 1. The summed E-state index contributed by atoms with van der Waals surface area (Å²) in [5.74, 6) is -2.14. The molecule has 3 rings (SSSR count). The molecule has 134 valence electrons. The van der Waals surface area contributed by atoms with Crippen LogP contribution in [0.25, 0.3) is 0 Å². The summed E-state index contributed by atoms with van der Waals surface area (Å²) >= 11 is 0. The van der Waals surface area contributed by atoms with Crippen LogP contribution in [0.1, 0.15) is 26.7 Å². The van der Waals surface area contributed by atoms with E-state index in [9.17, 15) is 19.5 Å². The highest BCUT2D eigenvalue weighted by atomic mass is 16.5. The number of nitrogens with one attached hydrogen (secondary N) is 2. The molecule has 0 heterocycles. The first kappa shape index (κ1) is 17.3. The lowest BCUT2D eigenvalue weighted by Gasteiger charge is -2.13. The minimum Gasteiger partial charge on any atom is -0.495 e. The smallest absolute Gasteiger partial charge is 0.307 e. The second-order valence-electron chi connectivity index (χ2n) is 7.28. The molecule has 2 aliphatic carbocycles. The molecule has 0 bridgehead atoms. The third-order valence-electron chi connectivity index (χ3n) is 5.05. The molecule has 2 atom stereocenters. The number of aliphatic carboxylic acids is 1. The van der Waals surface area contributed by atoms with Gasteiger partial charge in [-0.3, -0.25) is 14.4 Å². The van der Waals surface area contributed by atoms with Gasteiger partial charge in [0.1, 0.15) is 5.75 Å². The lowest BCUT2D eigenvalue weighted by molar-refractivity contribution is -0.140. The molecule has 0 saturated heterocycles. The topological polar surface area (TPSA) is 105 Å². The minimum absolute atomic E-state index is 0.0308. The van der Waals surface area contributed by atoms with Crippen LogP contribution in [-0.4, -0.2) is 30.0 Å². The van der Waals surface area contributed by atoms with Crippen LogP contribution in [0.15, 0.2) is 18.2 Å². The number of carboxylic acids is 1. The fraction of sp³-hybridized carbons (Fsp3) is 0.500. The number of carboxylic acid groups (broad SMARTS) is 1. The van der Waals surface area contributed by atoms with Crippen molar-refractivity contribution < 1.29 is 24.2 Å². The summed E-state index contributed by atoms with van der Waals surface area (Å²) in [4.78, 5) is 35.7. The summed E-state index contributed by atoms with van der Waals surface area (Å²) in [6.45, 7) is 3.53. The first-order valence-electron chi connectivity index (χ1n) is 8.28. The van der Waals surface area contributed by atoms with Crippen molar-refractivity contribution in [3.05, 3.63) is 18.2 Å². The summed E-state index contributed by atoms with van der Waals surface area (Å²) in [6.07, 6.45) is 1.80. The van der Waals surface area contributed by atoms with E-state index in [1.165, 1.54) is 7.11 Å². The van der Waals surface area contributed by atoms with Crippen molar-refractivity contribution in [1.29, 1.82) is 0 Å². The highest BCUT2D eigenvalue weighted by Gasteiger charge is 2.65. The molecule has 2 saturated carbocycles. The zero-order valence-corrected chi connectivity index (χ0v) is 14.5. The maximum Gasteiger partial charge on any atom is 0.307 e. The summed E-state index contributed by atoms with van der Waals surface area (Å²) in [5, 5.41) is 14.8. The molecule has 0 aliphatic heterocycles. The molecule has 2 fully saturated rings. The molecular weight excluding hydrogens is 324 g/mol. The van der Waals surface area contributed by atoms with E-state index in [1.807, 2.05) is 0 Å². The van der Waals surface area contributed by atoms with Gasteiger partial charge in [-0.25, -0.2) is 0 Å². The number of carbonyl (C=O) groups excluding carboxylic acids is 2. The van der Waals surface area contributed by atoms with E-state index in [1.54, 1.807) is 32.0 Å². The average Bonchev–Trinajstić information content (AvgIpc) is 3.42. The van der Waals surface area contributed by atoms with Crippen molar-refractivity contribution in [3.8, 4) is 5.75 Å². The highest BCUT2D eigenvalue weighted by molar-refractivity contribution is 6.01. The van der Waals surface area contributed by atoms with E-state index >= 15 is 0 Å². The molecule has 0 aromatic heterocycles. The van der Waals surface area contributed by atoms with Crippen LogP contribution >= 0.6 is 0 Å². The normalized spacial score (nSPS) is 23.5. The zero-order chi connectivity index (χ0) is 18.4. The number of methoxy groups -OCH3 is 1. The van der Waals surface area contributed by atoms with Gasteiger partial charge in [0.25, 0.3) is 0 Å². The van der Waals surface area contributed by atoms with Crippen LogP contribution in [0.5, 0.6) is 5.75 Å². The van der Waals surface area contributed by atoms with Gasteiger partial charge in [-0.15, -0.1) is 0 Å². The molecule has 7 heteroatoms.